The lowest BCUT2D eigenvalue weighted by atomic mass is 10.1. The molecule has 0 heterocycles. The molecular formula is C14H18O2S. The van der Waals surface area contributed by atoms with Crippen LogP contribution in [-0.2, 0) is 4.79 Å². The minimum atomic E-state index is 0.155. The Morgan fingerprint density at radius 2 is 2.00 bits per heavy atom. The molecule has 0 saturated heterocycles. The van der Waals surface area contributed by atoms with E-state index in [-0.39, 0.29) is 5.12 Å². The van der Waals surface area contributed by atoms with Crippen molar-refractivity contribution >= 4 is 23.0 Å². The minimum Gasteiger partial charge on any atom is -0.497 e. The van der Waals surface area contributed by atoms with Crippen LogP contribution in [0.5, 0.6) is 5.75 Å². The number of carbonyl (C=O) groups is 1. The third kappa shape index (κ3) is 4.65. The van der Waals surface area contributed by atoms with Gasteiger partial charge in [-0.2, -0.15) is 0 Å². The minimum absolute atomic E-state index is 0.155. The molecule has 17 heavy (non-hydrogen) atoms. The molecule has 0 aromatic heterocycles. The second-order valence-electron chi connectivity index (χ2n) is 3.74. The average molecular weight is 250 g/mol. The van der Waals surface area contributed by atoms with Gasteiger partial charge in [0, 0.05) is 11.3 Å². The molecule has 0 N–H and O–H groups in total. The Kier molecular flexibility index (Phi) is 5.84. The van der Waals surface area contributed by atoms with Gasteiger partial charge in [0.1, 0.15) is 5.75 Å². The Balaban J connectivity index is 2.69. The summed E-state index contributed by atoms with van der Waals surface area (Å²) in [5.74, 6) is 1.71. The first-order valence-electron chi connectivity index (χ1n) is 5.67. The summed E-state index contributed by atoms with van der Waals surface area (Å²) < 4.78 is 5.08. The monoisotopic (exact) mass is 250 g/mol. The van der Waals surface area contributed by atoms with E-state index in [4.69, 9.17) is 4.74 Å². The van der Waals surface area contributed by atoms with Gasteiger partial charge >= 0.3 is 0 Å². The van der Waals surface area contributed by atoms with Crippen LogP contribution in [0.3, 0.4) is 0 Å². The summed E-state index contributed by atoms with van der Waals surface area (Å²) >= 11 is 1.38. The molecule has 0 aliphatic rings. The number of carbonyl (C=O) groups excluding carboxylic acids is 1. The molecule has 2 nitrogen and oxygen atoms in total. The van der Waals surface area contributed by atoms with Crippen molar-refractivity contribution in [3.05, 3.63) is 35.4 Å². The molecule has 0 unspecified atom stereocenters. The molecule has 0 bridgehead atoms. The van der Waals surface area contributed by atoms with Crippen LogP contribution in [0.1, 0.15) is 25.8 Å². The highest BCUT2D eigenvalue weighted by Crippen LogP contribution is 2.17. The molecular weight excluding hydrogens is 232 g/mol. The van der Waals surface area contributed by atoms with Crippen LogP contribution in [0.25, 0.3) is 6.08 Å². The first-order chi connectivity index (χ1) is 8.17. The van der Waals surface area contributed by atoms with E-state index >= 15 is 0 Å². The summed E-state index contributed by atoms with van der Waals surface area (Å²) in [6, 6.07) is 7.67. The molecule has 1 aromatic carbocycles. The average Bonchev–Trinajstić information content (AvgIpc) is 2.36. The molecule has 92 valence electrons. The predicted molar refractivity (Wildman–Crippen MR) is 74.4 cm³/mol. The summed E-state index contributed by atoms with van der Waals surface area (Å²) in [7, 11) is 1.64. The largest absolute Gasteiger partial charge is 0.497 e. The van der Waals surface area contributed by atoms with Crippen molar-refractivity contribution in [3.8, 4) is 5.75 Å². The third-order valence-electron chi connectivity index (χ3n) is 2.26. The normalized spacial score (nSPS) is 11.4. The van der Waals surface area contributed by atoms with E-state index in [2.05, 4.69) is 6.92 Å². The third-order valence-corrected chi connectivity index (χ3v) is 3.45. The zero-order valence-electron chi connectivity index (χ0n) is 10.5. The van der Waals surface area contributed by atoms with Gasteiger partial charge in [0.2, 0.25) is 5.12 Å². The molecule has 0 aliphatic heterocycles. The van der Waals surface area contributed by atoms with Gasteiger partial charge in [-0.3, -0.25) is 4.79 Å². The van der Waals surface area contributed by atoms with Gasteiger partial charge in [-0.05, 0) is 37.1 Å². The first-order valence-corrected chi connectivity index (χ1v) is 6.65. The Labute approximate surface area is 107 Å². The SMILES string of the molecule is CCCSC(=O)/C(C)=C/c1ccc(OC)cc1. The Morgan fingerprint density at radius 3 is 2.53 bits per heavy atom. The van der Waals surface area contributed by atoms with E-state index in [1.807, 2.05) is 37.3 Å². The van der Waals surface area contributed by atoms with E-state index < -0.39 is 0 Å². The number of hydrogen-bond donors (Lipinski definition) is 0. The quantitative estimate of drug-likeness (QED) is 0.744. The van der Waals surface area contributed by atoms with Crippen molar-refractivity contribution in [2.24, 2.45) is 0 Å². The topological polar surface area (TPSA) is 26.3 Å². The van der Waals surface area contributed by atoms with Crippen molar-refractivity contribution in [3.63, 3.8) is 0 Å². The van der Waals surface area contributed by atoms with E-state index in [0.717, 1.165) is 29.1 Å². The maximum atomic E-state index is 11.7. The lowest BCUT2D eigenvalue weighted by molar-refractivity contribution is -0.107. The number of benzene rings is 1. The highest BCUT2D eigenvalue weighted by atomic mass is 32.2. The van der Waals surface area contributed by atoms with Crippen molar-refractivity contribution in [1.29, 1.82) is 0 Å². The van der Waals surface area contributed by atoms with Crippen molar-refractivity contribution in [1.82, 2.24) is 0 Å². The molecule has 0 aliphatic carbocycles. The van der Waals surface area contributed by atoms with Gasteiger partial charge in [-0.1, -0.05) is 30.8 Å². The van der Waals surface area contributed by atoms with Crippen LogP contribution < -0.4 is 4.74 Å². The van der Waals surface area contributed by atoms with Gasteiger partial charge in [0.15, 0.2) is 0 Å². The molecule has 0 spiro atoms. The summed E-state index contributed by atoms with van der Waals surface area (Å²) in [5, 5.41) is 0.155. The number of rotatable bonds is 5. The predicted octanol–water partition coefficient (Wildman–Crippen LogP) is 3.77. The number of ether oxygens (including phenoxy) is 1. The summed E-state index contributed by atoms with van der Waals surface area (Å²) in [6.45, 7) is 3.93. The lowest BCUT2D eigenvalue weighted by Crippen LogP contribution is -1.94. The van der Waals surface area contributed by atoms with Gasteiger partial charge in [0.25, 0.3) is 0 Å². The van der Waals surface area contributed by atoms with Crippen molar-refractivity contribution in [2.45, 2.75) is 20.3 Å². The van der Waals surface area contributed by atoms with Crippen LogP contribution in [0.2, 0.25) is 0 Å². The maximum absolute atomic E-state index is 11.7. The van der Waals surface area contributed by atoms with E-state index in [1.165, 1.54) is 11.8 Å². The smallest absolute Gasteiger partial charge is 0.215 e. The Morgan fingerprint density at radius 1 is 1.35 bits per heavy atom. The Hall–Kier alpha value is -1.22. The summed E-state index contributed by atoms with van der Waals surface area (Å²) in [4.78, 5) is 11.7. The molecule has 3 heteroatoms. The van der Waals surface area contributed by atoms with Gasteiger partial charge in [0.05, 0.1) is 7.11 Å². The maximum Gasteiger partial charge on any atom is 0.215 e. The molecule has 1 aromatic rings. The summed E-state index contributed by atoms with van der Waals surface area (Å²) in [5.41, 5.74) is 1.81. The fourth-order valence-electron chi connectivity index (χ4n) is 1.32. The molecule has 1 rings (SSSR count). The lowest BCUT2D eigenvalue weighted by Gasteiger charge is -2.02. The van der Waals surface area contributed by atoms with Crippen LogP contribution >= 0.6 is 11.8 Å². The second-order valence-corrected chi connectivity index (χ2v) is 4.80. The van der Waals surface area contributed by atoms with E-state index in [9.17, 15) is 4.79 Å². The fourth-order valence-corrected chi connectivity index (χ4v) is 1.99. The van der Waals surface area contributed by atoms with Crippen LogP contribution in [0.4, 0.5) is 0 Å². The fraction of sp³-hybridized carbons (Fsp3) is 0.357. The van der Waals surface area contributed by atoms with E-state index in [1.54, 1.807) is 7.11 Å². The Bertz CT molecular complexity index is 393. The molecule has 0 atom stereocenters. The number of methoxy groups -OCH3 is 1. The number of thioether (sulfide) groups is 1. The van der Waals surface area contributed by atoms with E-state index in [0.29, 0.717) is 0 Å². The highest BCUT2D eigenvalue weighted by molar-refractivity contribution is 8.14. The molecule has 0 saturated carbocycles. The van der Waals surface area contributed by atoms with Crippen LogP contribution in [0.15, 0.2) is 29.8 Å². The van der Waals surface area contributed by atoms with Crippen LogP contribution in [-0.4, -0.2) is 18.0 Å². The molecule has 0 radical (unpaired) electrons. The standard InChI is InChI=1S/C14H18O2S/c1-4-9-17-14(15)11(2)10-12-5-7-13(16-3)8-6-12/h5-8,10H,4,9H2,1-3H3/b11-10+. The molecule has 0 amide bonds. The van der Waals surface area contributed by atoms with Crippen molar-refractivity contribution < 1.29 is 9.53 Å². The zero-order valence-corrected chi connectivity index (χ0v) is 11.3. The molecule has 0 fully saturated rings. The first kappa shape index (κ1) is 13.8. The second kappa shape index (κ2) is 7.17. The summed E-state index contributed by atoms with van der Waals surface area (Å²) in [6.07, 6.45) is 2.93. The zero-order chi connectivity index (χ0) is 12.7. The van der Waals surface area contributed by atoms with Gasteiger partial charge in [-0.25, -0.2) is 0 Å². The number of hydrogen-bond acceptors (Lipinski definition) is 3. The van der Waals surface area contributed by atoms with Crippen molar-refractivity contribution in [2.75, 3.05) is 12.9 Å². The highest BCUT2D eigenvalue weighted by Gasteiger charge is 2.04. The van der Waals surface area contributed by atoms with Gasteiger partial charge < -0.3 is 4.74 Å². The van der Waals surface area contributed by atoms with Gasteiger partial charge in [-0.15, -0.1) is 0 Å². The van der Waals surface area contributed by atoms with Crippen LogP contribution in [0, 0.1) is 0 Å².